The number of amides is 1. The Morgan fingerprint density at radius 1 is 1.00 bits per heavy atom. The van der Waals surface area contributed by atoms with E-state index in [0.29, 0.717) is 5.92 Å². The second-order valence-electron chi connectivity index (χ2n) is 7.08. The number of carbonyl (C=O) groups excluding carboxylic acids is 1. The van der Waals surface area contributed by atoms with Gasteiger partial charge < -0.3 is 10.2 Å². The van der Waals surface area contributed by atoms with Crippen LogP contribution >= 0.6 is 0 Å². The molecule has 1 atom stereocenters. The lowest BCUT2D eigenvalue weighted by Crippen LogP contribution is -2.29. The fourth-order valence-corrected chi connectivity index (χ4v) is 3.74. The number of rotatable bonds is 5. The number of carbonyl (C=O) groups is 1. The van der Waals surface area contributed by atoms with E-state index in [0.717, 1.165) is 31.6 Å². The zero-order valence-corrected chi connectivity index (χ0v) is 15.3. The maximum absolute atomic E-state index is 12.2. The first-order valence-electron chi connectivity index (χ1n) is 9.53. The summed E-state index contributed by atoms with van der Waals surface area (Å²) in [5.74, 6) is 0.473. The molecule has 0 radical (unpaired) electrons. The molecule has 0 bridgehead atoms. The highest BCUT2D eigenvalue weighted by atomic mass is 16.1. The first-order valence-corrected chi connectivity index (χ1v) is 9.53. The lowest BCUT2D eigenvalue weighted by molar-refractivity contribution is -0.116. The maximum Gasteiger partial charge on any atom is 0.244 e. The zero-order valence-electron chi connectivity index (χ0n) is 15.3. The Kier molecular flexibility index (Phi) is 5.20. The highest BCUT2D eigenvalue weighted by molar-refractivity contribution is 5.96. The Morgan fingerprint density at radius 2 is 1.78 bits per heavy atom. The summed E-state index contributed by atoms with van der Waals surface area (Å²) >= 11 is 0. The molecular formula is C24H24N2O. The normalized spacial score (nSPS) is 16.9. The molecule has 4 rings (SSSR count). The van der Waals surface area contributed by atoms with E-state index >= 15 is 0 Å². The van der Waals surface area contributed by atoms with Crippen molar-refractivity contribution in [3.8, 4) is 0 Å². The minimum atomic E-state index is -0.0268. The van der Waals surface area contributed by atoms with Crippen LogP contribution in [0.5, 0.6) is 0 Å². The fraction of sp³-hybridized carbons (Fsp3) is 0.208. The smallest absolute Gasteiger partial charge is 0.244 e. The summed E-state index contributed by atoms with van der Waals surface area (Å²) in [5, 5.41) is 5.41. The third-order valence-electron chi connectivity index (χ3n) is 5.21. The van der Waals surface area contributed by atoms with E-state index < -0.39 is 0 Å². The molecule has 1 heterocycles. The van der Waals surface area contributed by atoms with Crippen LogP contribution in [0.4, 0.5) is 5.69 Å². The average molecular weight is 356 g/mol. The molecule has 1 aliphatic heterocycles. The quantitative estimate of drug-likeness (QED) is 0.683. The van der Waals surface area contributed by atoms with Gasteiger partial charge in [-0.3, -0.25) is 4.79 Å². The Morgan fingerprint density at radius 3 is 2.67 bits per heavy atom. The van der Waals surface area contributed by atoms with Gasteiger partial charge in [-0.25, -0.2) is 0 Å². The zero-order chi connectivity index (χ0) is 18.5. The number of anilines is 1. The summed E-state index contributed by atoms with van der Waals surface area (Å²) < 4.78 is 0. The van der Waals surface area contributed by atoms with Crippen molar-refractivity contribution in [3.05, 3.63) is 84.4 Å². The molecule has 0 saturated carbocycles. The second kappa shape index (κ2) is 8.09. The predicted octanol–water partition coefficient (Wildman–Crippen LogP) is 4.50. The number of hydrogen-bond donors (Lipinski definition) is 1. The molecule has 27 heavy (non-hydrogen) atoms. The van der Waals surface area contributed by atoms with Gasteiger partial charge in [-0.1, -0.05) is 60.7 Å². The van der Waals surface area contributed by atoms with Crippen LogP contribution in [0.15, 0.2) is 78.9 Å². The molecule has 3 aromatic carbocycles. The molecule has 1 fully saturated rings. The molecule has 1 unspecified atom stereocenters. The van der Waals surface area contributed by atoms with E-state index in [1.807, 2.05) is 36.4 Å². The summed E-state index contributed by atoms with van der Waals surface area (Å²) in [6, 6.07) is 24.9. The van der Waals surface area contributed by atoms with Crippen molar-refractivity contribution in [2.45, 2.75) is 6.42 Å². The van der Waals surface area contributed by atoms with E-state index in [1.54, 1.807) is 6.08 Å². The van der Waals surface area contributed by atoms with E-state index in [-0.39, 0.29) is 5.91 Å². The maximum atomic E-state index is 12.2. The van der Waals surface area contributed by atoms with Crippen molar-refractivity contribution in [1.29, 1.82) is 0 Å². The minimum Gasteiger partial charge on any atom is -0.371 e. The molecule has 0 aliphatic carbocycles. The standard InChI is InChI=1S/C24H24N2O/c27-24(14-13-21-9-6-8-20-7-4-5-12-23(20)21)25-17-19-15-16-26(18-19)22-10-2-1-3-11-22/h1-14,19H,15-18H2,(H,25,27). The Balaban J connectivity index is 1.32. The first kappa shape index (κ1) is 17.3. The van der Waals surface area contributed by atoms with Gasteiger partial charge in [-0.05, 0) is 46.9 Å². The Hall–Kier alpha value is -3.07. The van der Waals surface area contributed by atoms with Crippen molar-refractivity contribution < 1.29 is 4.79 Å². The number of fused-ring (bicyclic) bond motifs is 1. The number of para-hydroxylation sites is 1. The van der Waals surface area contributed by atoms with Gasteiger partial charge in [0.15, 0.2) is 0 Å². The van der Waals surface area contributed by atoms with Gasteiger partial charge in [0.05, 0.1) is 0 Å². The van der Waals surface area contributed by atoms with Crippen molar-refractivity contribution in [3.63, 3.8) is 0 Å². The van der Waals surface area contributed by atoms with Crippen LogP contribution in [0.3, 0.4) is 0 Å². The van der Waals surface area contributed by atoms with Crippen molar-refractivity contribution in [2.24, 2.45) is 5.92 Å². The monoisotopic (exact) mass is 356 g/mol. The Labute approximate surface area is 160 Å². The van der Waals surface area contributed by atoms with Gasteiger partial charge in [-0.15, -0.1) is 0 Å². The van der Waals surface area contributed by atoms with Crippen LogP contribution in [0.1, 0.15) is 12.0 Å². The summed E-state index contributed by atoms with van der Waals surface area (Å²) in [5.41, 5.74) is 2.33. The molecule has 1 N–H and O–H groups in total. The SMILES string of the molecule is O=C(C=Cc1cccc2ccccc12)NCC1CCN(c2ccccc2)C1. The van der Waals surface area contributed by atoms with E-state index in [4.69, 9.17) is 0 Å². The summed E-state index contributed by atoms with van der Waals surface area (Å²) in [4.78, 5) is 14.6. The van der Waals surface area contributed by atoms with Gasteiger partial charge in [0.1, 0.15) is 0 Å². The topological polar surface area (TPSA) is 32.3 Å². The number of nitrogens with one attached hydrogen (secondary N) is 1. The van der Waals surface area contributed by atoms with E-state index in [2.05, 4.69) is 52.7 Å². The summed E-state index contributed by atoms with van der Waals surface area (Å²) in [6.45, 7) is 2.77. The van der Waals surface area contributed by atoms with Crippen LogP contribution < -0.4 is 10.2 Å². The molecule has 3 aromatic rings. The molecule has 0 aromatic heterocycles. The number of nitrogens with zero attached hydrogens (tertiary/aromatic N) is 1. The molecule has 1 saturated heterocycles. The van der Waals surface area contributed by atoms with Crippen LogP contribution in [-0.4, -0.2) is 25.5 Å². The summed E-state index contributed by atoms with van der Waals surface area (Å²) in [7, 11) is 0. The van der Waals surface area contributed by atoms with Gasteiger partial charge in [0, 0.05) is 31.4 Å². The van der Waals surface area contributed by atoms with Gasteiger partial charge in [-0.2, -0.15) is 0 Å². The lowest BCUT2D eigenvalue weighted by Gasteiger charge is -2.18. The third-order valence-corrected chi connectivity index (χ3v) is 5.21. The van der Waals surface area contributed by atoms with Gasteiger partial charge in [0.25, 0.3) is 0 Å². The highest BCUT2D eigenvalue weighted by Crippen LogP contribution is 2.23. The van der Waals surface area contributed by atoms with Gasteiger partial charge >= 0.3 is 0 Å². The van der Waals surface area contributed by atoms with Gasteiger partial charge in [0.2, 0.25) is 5.91 Å². The molecule has 3 heteroatoms. The van der Waals surface area contributed by atoms with Crippen molar-refractivity contribution in [1.82, 2.24) is 5.32 Å². The Bertz CT molecular complexity index is 944. The van der Waals surface area contributed by atoms with E-state index in [1.165, 1.54) is 16.5 Å². The molecular weight excluding hydrogens is 332 g/mol. The fourth-order valence-electron chi connectivity index (χ4n) is 3.74. The predicted molar refractivity (Wildman–Crippen MR) is 113 cm³/mol. The first-order chi connectivity index (χ1) is 13.3. The van der Waals surface area contributed by atoms with Crippen LogP contribution in [0.25, 0.3) is 16.8 Å². The number of hydrogen-bond acceptors (Lipinski definition) is 2. The third kappa shape index (κ3) is 4.20. The lowest BCUT2D eigenvalue weighted by atomic mass is 10.0. The number of benzene rings is 3. The minimum absolute atomic E-state index is 0.0268. The molecule has 136 valence electrons. The highest BCUT2D eigenvalue weighted by Gasteiger charge is 2.22. The van der Waals surface area contributed by atoms with Crippen LogP contribution in [0.2, 0.25) is 0 Å². The molecule has 3 nitrogen and oxygen atoms in total. The summed E-state index contributed by atoms with van der Waals surface area (Å²) in [6.07, 6.45) is 4.66. The molecule has 1 amide bonds. The van der Waals surface area contributed by atoms with Crippen molar-refractivity contribution in [2.75, 3.05) is 24.5 Å². The van der Waals surface area contributed by atoms with Crippen molar-refractivity contribution >= 4 is 28.4 Å². The average Bonchev–Trinajstić information content (AvgIpc) is 3.20. The molecule has 1 aliphatic rings. The largest absolute Gasteiger partial charge is 0.371 e. The van der Waals surface area contributed by atoms with E-state index in [9.17, 15) is 4.79 Å². The molecule has 0 spiro atoms. The van der Waals surface area contributed by atoms with Crippen LogP contribution in [-0.2, 0) is 4.79 Å². The second-order valence-corrected chi connectivity index (χ2v) is 7.08. The van der Waals surface area contributed by atoms with Crippen LogP contribution in [0, 0.1) is 5.92 Å².